The molecule has 2 aromatic carbocycles. The van der Waals surface area contributed by atoms with Gasteiger partial charge in [-0.1, -0.05) is 44.2 Å². The van der Waals surface area contributed by atoms with Gasteiger partial charge < -0.3 is 9.84 Å². The molecule has 1 fully saturated rings. The monoisotopic (exact) mass is 325 g/mol. The number of likely N-dealkylation sites (tertiary alicyclic amines) is 1. The first kappa shape index (κ1) is 16.8. The maximum atomic E-state index is 9.79. The highest BCUT2D eigenvalue weighted by atomic mass is 16.5. The second-order valence-corrected chi connectivity index (χ2v) is 7.08. The first-order chi connectivity index (χ1) is 11.6. The number of benzene rings is 2. The summed E-state index contributed by atoms with van der Waals surface area (Å²) in [4.78, 5) is 2.48. The van der Waals surface area contributed by atoms with Gasteiger partial charge in [0.1, 0.15) is 18.1 Å². The van der Waals surface area contributed by atoms with Crippen molar-refractivity contribution in [2.75, 3.05) is 26.2 Å². The Morgan fingerprint density at radius 1 is 1.17 bits per heavy atom. The molecule has 1 aliphatic rings. The Bertz CT molecular complexity index is 658. The second kappa shape index (κ2) is 7.27. The maximum absolute atomic E-state index is 9.79. The lowest BCUT2D eigenvalue weighted by Crippen LogP contribution is -2.48. The number of para-hydroxylation sites is 1. The predicted octanol–water partition coefficient (Wildman–Crippen LogP) is 4.07. The van der Waals surface area contributed by atoms with Crippen LogP contribution in [0.15, 0.2) is 54.6 Å². The standard InChI is InChI=1S/C21H27NO2/c1-17-16-22(13-14-24-20-9-4-3-5-10-20)12-11-21(17,2)18-7-6-8-19(23)15-18/h3-10,15,17,23H,11-14,16H2,1-2H3/t17-,21-/m0/s1. The van der Waals surface area contributed by atoms with Crippen LogP contribution in [-0.2, 0) is 5.41 Å². The van der Waals surface area contributed by atoms with Crippen LogP contribution in [-0.4, -0.2) is 36.2 Å². The molecule has 1 N–H and O–H groups in total. The molecule has 0 saturated carbocycles. The summed E-state index contributed by atoms with van der Waals surface area (Å²) in [6.45, 7) is 8.44. The largest absolute Gasteiger partial charge is 0.508 e. The Morgan fingerprint density at radius 2 is 1.96 bits per heavy atom. The van der Waals surface area contributed by atoms with Gasteiger partial charge in [-0.05, 0) is 54.1 Å². The summed E-state index contributed by atoms with van der Waals surface area (Å²) in [7, 11) is 0. The van der Waals surface area contributed by atoms with Gasteiger partial charge in [0.05, 0.1) is 0 Å². The fraction of sp³-hybridized carbons (Fsp3) is 0.429. The molecular formula is C21H27NO2. The maximum Gasteiger partial charge on any atom is 0.119 e. The minimum atomic E-state index is 0.121. The number of ether oxygens (including phenoxy) is 1. The average molecular weight is 325 g/mol. The van der Waals surface area contributed by atoms with Gasteiger partial charge in [-0.25, -0.2) is 0 Å². The summed E-state index contributed by atoms with van der Waals surface area (Å²) >= 11 is 0. The number of nitrogens with zero attached hydrogens (tertiary/aromatic N) is 1. The predicted molar refractivity (Wildman–Crippen MR) is 97.6 cm³/mol. The highest BCUT2D eigenvalue weighted by molar-refractivity contribution is 5.33. The Balaban J connectivity index is 1.55. The lowest BCUT2D eigenvalue weighted by Gasteiger charge is -2.45. The Morgan fingerprint density at radius 3 is 2.67 bits per heavy atom. The van der Waals surface area contributed by atoms with Crippen LogP contribution in [0.4, 0.5) is 0 Å². The fourth-order valence-corrected chi connectivity index (χ4v) is 3.62. The van der Waals surface area contributed by atoms with Crippen molar-refractivity contribution in [2.24, 2.45) is 5.92 Å². The number of piperidine rings is 1. The van der Waals surface area contributed by atoms with Crippen molar-refractivity contribution in [3.05, 3.63) is 60.2 Å². The van der Waals surface area contributed by atoms with E-state index < -0.39 is 0 Å². The summed E-state index contributed by atoms with van der Waals surface area (Å²) in [5.41, 5.74) is 1.37. The number of phenolic OH excluding ortho intramolecular Hbond substituents is 1. The van der Waals surface area contributed by atoms with Gasteiger partial charge in [-0.15, -0.1) is 0 Å². The first-order valence-electron chi connectivity index (χ1n) is 8.77. The molecule has 3 nitrogen and oxygen atoms in total. The summed E-state index contributed by atoms with van der Waals surface area (Å²) in [6.07, 6.45) is 1.10. The lowest BCUT2D eigenvalue weighted by atomic mass is 9.68. The van der Waals surface area contributed by atoms with Crippen LogP contribution in [0.1, 0.15) is 25.8 Å². The van der Waals surface area contributed by atoms with Crippen LogP contribution in [0.25, 0.3) is 0 Å². The van der Waals surface area contributed by atoms with Crippen LogP contribution < -0.4 is 4.74 Å². The summed E-state index contributed by atoms with van der Waals surface area (Å²) in [6, 6.07) is 17.8. The van der Waals surface area contributed by atoms with Crippen molar-refractivity contribution in [3.63, 3.8) is 0 Å². The number of hydrogen-bond donors (Lipinski definition) is 1. The van der Waals surface area contributed by atoms with Crippen LogP contribution >= 0.6 is 0 Å². The van der Waals surface area contributed by atoms with Crippen molar-refractivity contribution in [2.45, 2.75) is 25.7 Å². The third-order valence-corrected chi connectivity index (χ3v) is 5.49. The van der Waals surface area contributed by atoms with E-state index in [4.69, 9.17) is 4.74 Å². The van der Waals surface area contributed by atoms with Gasteiger partial charge in [-0.2, -0.15) is 0 Å². The van der Waals surface area contributed by atoms with Crippen molar-refractivity contribution in [1.29, 1.82) is 0 Å². The lowest BCUT2D eigenvalue weighted by molar-refractivity contribution is 0.0969. The molecule has 24 heavy (non-hydrogen) atoms. The number of aromatic hydroxyl groups is 1. The molecule has 0 amide bonds. The Hall–Kier alpha value is -2.00. The van der Waals surface area contributed by atoms with Crippen LogP contribution in [0.3, 0.4) is 0 Å². The van der Waals surface area contributed by atoms with E-state index in [0.717, 1.165) is 38.4 Å². The van der Waals surface area contributed by atoms with Gasteiger partial charge >= 0.3 is 0 Å². The van der Waals surface area contributed by atoms with Crippen molar-refractivity contribution in [3.8, 4) is 11.5 Å². The van der Waals surface area contributed by atoms with E-state index in [9.17, 15) is 5.11 Å². The van der Waals surface area contributed by atoms with Gasteiger partial charge in [-0.3, -0.25) is 4.90 Å². The van der Waals surface area contributed by atoms with E-state index in [1.165, 1.54) is 5.56 Å². The van der Waals surface area contributed by atoms with E-state index >= 15 is 0 Å². The number of rotatable bonds is 5. The molecule has 2 aromatic rings. The highest BCUT2D eigenvalue weighted by Crippen LogP contribution is 2.40. The van der Waals surface area contributed by atoms with Gasteiger partial charge in [0.2, 0.25) is 0 Å². The molecule has 3 heteroatoms. The topological polar surface area (TPSA) is 32.7 Å². The van der Waals surface area contributed by atoms with Crippen LogP contribution in [0.5, 0.6) is 11.5 Å². The molecule has 0 bridgehead atoms. The summed E-state index contributed by atoms with van der Waals surface area (Å²) in [5.74, 6) is 1.83. The number of hydrogen-bond acceptors (Lipinski definition) is 3. The van der Waals surface area contributed by atoms with Gasteiger partial charge in [0.25, 0.3) is 0 Å². The smallest absolute Gasteiger partial charge is 0.119 e. The van der Waals surface area contributed by atoms with Crippen LogP contribution in [0, 0.1) is 5.92 Å². The average Bonchev–Trinajstić information content (AvgIpc) is 2.59. The van der Waals surface area contributed by atoms with Gasteiger partial charge in [0.15, 0.2) is 0 Å². The molecule has 1 saturated heterocycles. The minimum absolute atomic E-state index is 0.121. The quantitative estimate of drug-likeness (QED) is 0.899. The molecule has 0 radical (unpaired) electrons. The first-order valence-corrected chi connectivity index (χ1v) is 8.77. The molecule has 1 aliphatic heterocycles. The molecule has 2 atom stereocenters. The molecule has 0 aromatic heterocycles. The highest BCUT2D eigenvalue weighted by Gasteiger charge is 2.37. The van der Waals surface area contributed by atoms with E-state index in [-0.39, 0.29) is 5.41 Å². The summed E-state index contributed by atoms with van der Waals surface area (Å²) in [5, 5.41) is 9.79. The van der Waals surface area contributed by atoms with Crippen molar-refractivity contribution >= 4 is 0 Å². The van der Waals surface area contributed by atoms with E-state index in [1.807, 2.05) is 42.5 Å². The molecular weight excluding hydrogens is 298 g/mol. The number of phenols is 1. The van der Waals surface area contributed by atoms with Gasteiger partial charge in [0, 0.05) is 13.1 Å². The van der Waals surface area contributed by atoms with E-state index in [0.29, 0.717) is 11.7 Å². The molecule has 1 heterocycles. The molecule has 3 rings (SSSR count). The normalized spacial score (nSPS) is 24.7. The SMILES string of the molecule is C[C@H]1CN(CCOc2ccccc2)CC[C@]1(C)c1cccc(O)c1. The van der Waals surface area contributed by atoms with E-state index in [1.54, 1.807) is 6.07 Å². The minimum Gasteiger partial charge on any atom is -0.508 e. The Labute approximate surface area is 144 Å². The molecule has 0 spiro atoms. The van der Waals surface area contributed by atoms with E-state index in [2.05, 4.69) is 24.8 Å². The third-order valence-electron chi connectivity index (χ3n) is 5.49. The molecule has 0 aliphatic carbocycles. The zero-order chi connectivity index (χ0) is 17.0. The second-order valence-electron chi connectivity index (χ2n) is 7.08. The fourth-order valence-electron chi connectivity index (χ4n) is 3.62. The zero-order valence-electron chi connectivity index (χ0n) is 14.6. The third kappa shape index (κ3) is 3.73. The molecule has 128 valence electrons. The van der Waals surface area contributed by atoms with Crippen LogP contribution in [0.2, 0.25) is 0 Å². The zero-order valence-corrected chi connectivity index (χ0v) is 14.6. The summed E-state index contributed by atoms with van der Waals surface area (Å²) < 4.78 is 5.82. The van der Waals surface area contributed by atoms with Crippen molar-refractivity contribution in [1.82, 2.24) is 4.90 Å². The van der Waals surface area contributed by atoms with Crippen molar-refractivity contribution < 1.29 is 9.84 Å². The molecule has 0 unspecified atom stereocenters. The Kier molecular flexibility index (Phi) is 5.10.